The summed E-state index contributed by atoms with van der Waals surface area (Å²) in [5.74, 6) is 0. The molecule has 1 N–H and O–H groups in total. The molecule has 7 nitrogen and oxygen atoms in total. The first kappa shape index (κ1) is 21.7. The molecule has 5 aromatic rings. The maximum absolute atomic E-state index is 13.6. The molecule has 0 bridgehead atoms. The molecule has 1 aliphatic carbocycles. The number of aryl methyl sites for hydroxylation is 1. The van der Waals surface area contributed by atoms with Gasteiger partial charge in [0.15, 0.2) is 0 Å². The fraction of sp³-hybridized carbons (Fsp3) is 0.286. The van der Waals surface area contributed by atoms with Crippen molar-refractivity contribution < 1.29 is 5.11 Å². The van der Waals surface area contributed by atoms with Crippen LogP contribution in [0.4, 0.5) is 0 Å². The van der Waals surface area contributed by atoms with Crippen LogP contribution in [0.2, 0.25) is 0 Å². The number of aliphatic hydroxyl groups excluding tert-OH is 1. The summed E-state index contributed by atoms with van der Waals surface area (Å²) in [6.07, 6.45) is 10.9. The molecule has 35 heavy (non-hydrogen) atoms. The molecule has 2 aromatic carbocycles. The zero-order valence-corrected chi connectivity index (χ0v) is 19.6. The number of nitrogens with zero attached hydrogens (tertiary/aromatic N) is 5. The molecule has 3 heterocycles. The highest BCUT2D eigenvalue weighted by Crippen LogP contribution is 2.30. The van der Waals surface area contributed by atoms with Gasteiger partial charge in [-0.05, 0) is 47.9 Å². The number of fused-ring (bicyclic) bond motifs is 3. The molecule has 0 spiro atoms. The summed E-state index contributed by atoms with van der Waals surface area (Å²) in [6.45, 7) is 0. The summed E-state index contributed by atoms with van der Waals surface area (Å²) in [5, 5.41) is 17.4. The summed E-state index contributed by atoms with van der Waals surface area (Å²) in [7, 11) is 1.89. The lowest BCUT2D eigenvalue weighted by atomic mass is 9.92. The van der Waals surface area contributed by atoms with Crippen LogP contribution in [0.1, 0.15) is 42.9 Å². The molecule has 176 valence electrons. The highest BCUT2D eigenvalue weighted by molar-refractivity contribution is 6.06. The molecule has 2 atom stereocenters. The van der Waals surface area contributed by atoms with E-state index in [1.54, 1.807) is 21.8 Å². The minimum atomic E-state index is -0.509. The van der Waals surface area contributed by atoms with E-state index in [9.17, 15) is 9.90 Å². The smallest absolute Gasteiger partial charge is 0.261 e. The van der Waals surface area contributed by atoms with Crippen molar-refractivity contribution in [3.05, 3.63) is 88.9 Å². The number of aliphatic hydroxyl groups is 1. The van der Waals surface area contributed by atoms with E-state index < -0.39 is 6.10 Å². The topological polar surface area (TPSA) is 85.8 Å². The number of rotatable bonds is 4. The summed E-state index contributed by atoms with van der Waals surface area (Å²) < 4.78 is 3.41. The van der Waals surface area contributed by atoms with Gasteiger partial charge in [0.25, 0.3) is 5.56 Å². The number of pyridine rings is 1. The average Bonchev–Trinajstić information content (AvgIpc) is 3.32. The van der Waals surface area contributed by atoms with Gasteiger partial charge in [-0.1, -0.05) is 43.2 Å². The fourth-order valence-electron chi connectivity index (χ4n) is 5.32. The quantitative estimate of drug-likeness (QED) is 0.397. The largest absolute Gasteiger partial charge is 0.391 e. The number of aromatic nitrogens is 5. The molecule has 0 radical (unpaired) electrons. The van der Waals surface area contributed by atoms with Gasteiger partial charge in [0, 0.05) is 30.4 Å². The van der Waals surface area contributed by atoms with Crippen LogP contribution in [0.3, 0.4) is 0 Å². The standard InChI is InChI=1S/C28H27N5O2/c1-32-16-20(15-31-32)24-11-10-18(14-29-24)12-19-13-23-27(22-7-3-2-6-21(19)22)30-17-33(28(23)35)25-8-4-5-9-26(25)34/h2-3,6-7,10-11,13-17,25-26,34H,4-5,8-9,12H2,1H3/t25-,26-/m0/s1. The summed E-state index contributed by atoms with van der Waals surface area (Å²) >= 11 is 0. The first-order valence-electron chi connectivity index (χ1n) is 12.1. The number of benzene rings is 2. The van der Waals surface area contributed by atoms with E-state index >= 15 is 0 Å². The Morgan fingerprint density at radius 1 is 1.00 bits per heavy atom. The third-order valence-electron chi connectivity index (χ3n) is 7.15. The Kier molecular flexibility index (Phi) is 5.41. The molecular formula is C28H27N5O2. The predicted octanol–water partition coefficient (Wildman–Crippen LogP) is 4.41. The van der Waals surface area contributed by atoms with E-state index in [1.165, 1.54) is 0 Å². The van der Waals surface area contributed by atoms with Crippen LogP contribution in [-0.2, 0) is 13.5 Å². The zero-order chi connectivity index (χ0) is 23.9. The van der Waals surface area contributed by atoms with Crippen molar-refractivity contribution in [2.75, 3.05) is 0 Å². The average molecular weight is 466 g/mol. The predicted molar refractivity (Wildman–Crippen MR) is 136 cm³/mol. The Bertz CT molecular complexity index is 1590. The summed E-state index contributed by atoms with van der Waals surface area (Å²) in [6, 6.07) is 14.0. The van der Waals surface area contributed by atoms with E-state index in [2.05, 4.69) is 22.2 Å². The van der Waals surface area contributed by atoms with E-state index in [-0.39, 0.29) is 11.6 Å². The van der Waals surface area contributed by atoms with E-state index in [4.69, 9.17) is 4.98 Å². The van der Waals surface area contributed by atoms with Gasteiger partial charge in [0.05, 0.1) is 41.3 Å². The third-order valence-corrected chi connectivity index (χ3v) is 7.15. The molecule has 1 fully saturated rings. The lowest BCUT2D eigenvalue weighted by molar-refractivity contribution is 0.0735. The van der Waals surface area contributed by atoms with Gasteiger partial charge in [-0.2, -0.15) is 5.10 Å². The van der Waals surface area contributed by atoms with Gasteiger partial charge in [0.1, 0.15) is 0 Å². The van der Waals surface area contributed by atoms with Gasteiger partial charge in [-0.15, -0.1) is 0 Å². The number of hydrogen-bond donors (Lipinski definition) is 1. The van der Waals surface area contributed by atoms with E-state index in [1.807, 2.05) is 49.8 Å². The van der Waals surface area contributed by atoms with Crippen LogP contribution in [0.15, 0.2) is 72.2 Å². The molecule has 0 unspecified atom stereocenters. The summed E-state index contributed by atoms with van der Waals surface area (Å²) in [4.78, 5) is 23.0. The minimum absolute atomic E-state index is 0.0852. The van der Waals surface area contributed by atoms with Crippen LogP contribution in [-0.4, -0.2) is 35.5 Å². The first-order valence-corrected chi connectivity index (χ1v) is 12.1. The van der Waals surface area contributed by atoms with Crippen molar-refractivity contribution in [2.45, 2.75) is 44.2 Å². The molecule has 3 aromatic heterocycles. The third kappa shape index (κ3) is 3.91. The Hall–Kier alpha value is -3.84. The van der Waals surface area contributed by atoms with Gasteiger partial charge in [-0.3, -0.25) is 19.0 Å². The maximum atomic E-state index is 13.6. The monoisotopic (exact) mass is 465 g/mol. The van der Waals surface area contributed by atoms with E-state index in [0.717, 1.165) is 58.8 Å². The Morgan fingerprint density at radius 3 is 2.57 bits per heavy atom. The van der Waals surface area contributed by atoms with Crippen molar-refractivity contribution in [1.82, 2.24) is 24.3 Å². The Morgan fingerprint density at radius 2 is 1.83 bits per heavy atom. The Balaban J connectivity index is 1.43. The molecule has 7 heteroatoms. The van der Waals surface area contributed by atoms with Crippen molar-refractivity contribution >= 4 is 21.7 Å². The molecular weight excluding hydrogens is 438 g/mol. The van der Waals surface area contributed by atoms with Crippen LogP contribution >= 0.6 is 0 Å². The normalized spacial score (nSPS) is 18.3. The fourth-order valence-corrected chi connectivity index (χ4v) is 5.32. The second kappa shape index (κ2) is 8.74. The second-order valence-corrected chi connectivity index (χ2v) is 9.48. The minimum Gasteiger partial charge on any atom is -0.391 e. The highest BCUT2D eigenvalue weighted by atomic mass is 16.3. The van der Waals surface area contributed by atoms with Gasteiger partial charge < -0.3 is 5.11 Å². The molecule has 6 rings (SSSR count). The van der Waals surface area contributed by atoms with Crippen molar-refractivity contribution in [3.8, 4) is 11.3 Å². The molecule has 0 saturated heterocycles. The van der Waals surface area contributed by atoms with Crippen molar-refractivity contribution in [3.63, 3.8) is 0 Å². The lowest BCUT2D eigenvalue weighted by Gasteiger charge is -2.29. The maximum Gasteiger partial charge on any atom is 0.261 e. The van der Waals surface area contributed by atoms with Crippen LogP contribution < -0.4 is 5.56 Å². The summed E-state index contributed by atoms with van der Waals surface area (Å²) in [5.41, 5.74) is 4.60. The SMILES string of the molecule is Cn1cc(-c2ccc(Cc3cc4c(=O)n([C@H]5CCCC[C@@H]5O)cnc4c4ccccc34)cn2)cn1. The molecule has 0 aliphatic heterocycles. The second-order valence-electron chi connectivity index (χ2n) is 9.48. The Labute approximate surface area is 202 Å². The zero-order valence-electron chi connectivity index (χ0n) is 19.6. The molecule has 1 saturated carbocycles. The molecule has 1 aliphatic rings. The first-order chi connectivity index (χ1) is 17.1. The van der Waals surface area contributed by atoms with Gasteiger partial charge in [0.2, 0.25) is 0 Å². The van der Waals surface area contributed by atoms with E-state index in [0.29, 0.717) is 17.3 Å². The van der Waals surface area contributed by atoms with Crippen LogP contribution in [0.5, 0.6) is 0 Å². The molecule has 0 amide bonds. The van der Waals surface area contributed by atoms with Crippen molar-refractivity contribution in [1.29, 1.82) is 0 Å². The lowest BCUT2D eigenvalue weighted by Crippen LogP contribution is -2.34. The van der Waals surface area contributed by atoms with Gasteiger partial charge in [-0.25, -0.2) is 4.98 Å². The van der Waals surface area contributed by atoms with Crippen molar-refractivity contribution in [2.24, 2.45) is 7.05 Å². The van der Waals surface area contributed by atoms with Gasteiger partial charge >= 0.3 is 0 Å². The highest BCUT2D eigenvalue weighted by Gasteiger charge is 2.26. The van der Waals surface area contributed by atoms with Crippen LogP contribution in [0.25, 0.3) is 32.9 Å². The van der Waals surface area contributed by atoms with Crippen LogP contribution in [0, 0.1) is 0 Å². The number of hydrogen-bond acceptors (Lipinski definition) is 5.